The van der Waals surface area contributed by atoms with Gasteiger partial charge in [-0.15, -0.1) is 0 Å². The van der Waals surface area contributed by atoms with E-state index in [0.29, 0.717) is 0 Å². The molecule has 0 spiro atoms. The largest absolute Gasteiger partial charge is 0.456 e. The molecular weight excluding hydrogens is 422 g/mol. The van der Waals surface area contributed by atoms with Gasteiger partial charge in [0.2, 0.25) is 17.9 Å². The molecule has 4 atom stereocenters. The highest BCUT2D eigenvalue weighted by Gasteiger charge is 2.48. The molecule has 13 nitrogen and oxygen atoms in total. The van der Waals surface area contributed by atoms with Crippen molar-refractivity contribution in [2.24, 2.45) is 0 Å². The van der Waals surface area contributed by atoms with Crippen molar-refractivity contribution in [1.82, 2.24) is 4.90 Å². The average Bonchev–Trinajstić information content (AvgIpc) is 2.59. The lowest BCUT2D eigenvalue weighted by Crippen LogP contribution is -2.58. The zero-order valence-corrected chi connectivity index (χ0v) is 17.9. The third-order valence-corrected chi connectivity index (χ3v) is 3.48. The quantitative estimate of drug-likeness (QED) is 0.324. The van der Waals surface area contributed by atoms with Gasteiger partial charge < -0.3 is 24.1 Å². The fourth-order valence-electron chi connectivity index (χ4n) is 2.56. The lowest BCUT2D eigenvalue weighted by atomic mass is 10.0. The normalized spacial score (nSPS) is 14.2. The number of carbonyl (C=O) groups is 7. The fourth-order valence-corrected chi connectivity index (χ4v) is 2.56. The van der Waals surface area contributed by atoms with Gasteiger partial charge in [-0.1, -0.05) is 0 Å². The van der Waals surface area contributed by atoms with Gasteiger partial charge in [0.25, 0.3) is 5.91 Å². The molecule has 0 saturated heterocycles. The maximum Gasteiger partial charge on any atom is 0.303 e. The molecule has 31 heavy (non-hydrogen) atoms. The van der Waals surface area contributed by atoms with Crippen LogP contribution in [0.2, 0.25) is 0 Å². The van der Waals surface area contributed by atoms with Gasteiger partial charge in [-0.2, -0.15) is 0 Å². The monoisotopic (exact) mass is 447 g/mol. The standard InChI is InChI=1S/C18H25NO12/c1-8(21)19(9(2)22)18(27)17(31-13(6)26)16(30-12(5)25)15(29-11(4)24)14(7-20)28-10(3)23/h14-17,20H,7H2,1-6H3/t14-,15-,16+,17-/m1/s1. The summed E-state index contributed by atoms with van der Waals surface area (Å²) >= 11 is 0. The molecule has 0 saturated carbocycles. The number of hydrogen-bond donors (Lipinski definition) is 1. The molecule has 0 unspecified atom stereocenters. The topological polar surface area (TPSA) is 180 Å². The third kappa shape index (κ3) is 8.90. The van der Waals surface area contributed by atoms with Gasteiger partial charge in [0.15, 0.2) is 18.3 Å². The van der Waals surface area contributed by atoms with Crippen LogP contribution < -0.4 is 0 Å². The van der Waals surface area contributed by atoms with Gasteiger partial charge in [-0.3, -0.25) is 33.6 Å². The number of aliphatic hydroxyl groups is 1. The van der Waals surface area contributed by atoms with Crippen LogP contribution in [0, 0.1) is 0 Å². The lowest BCUT2D eigenvalue weighted by molar-refractivity contribution is -0.203. The molecule has 3 amide bonds. The predicted octanol–water partition coefficient (Wildman–Crippen LogP) is -1.37. The maximum absolute atomic E-state index is 12.9. The van der Waals surface area contributed by atoms with Gasteiger partial charge in [-0.05, 0) is 0 Å². The Hall–Kier alpha value is -3.35. The number of imide groups is 3. The van der Waals surface area contributed by atoms with Crippen LogP contribution in [0.4, 0.5) is 0 Å². The van der Waals surface area contributed by atoms with Gasteiger partial charge >= 0.3 is 23.9 Å². The van der Waals surface area contributed by atoms with Crippen molar-refractivity contribution in [3.05, 3.63) is 0 Å². The first-order valence-corrected chi connectivity index (χ1v) is 8.87. The molecule has 0 bridgehead atoms. The van der Waals surface area contributed by atoms with E-state index in [-0.39, 0.29) is 4.90 Å². The molecule has 0 aromatic heterocycles. The number of ether oxygens (including phenoxy) is 4. The Kier molecular flexibility index (Phi) is 11.0. The molecule has 174 valence electrons. The van der Waals surface area contributed by atoms with Crippen molar-refractivity contribution >= 4 is 41.6 Å². The molecule has 13 heteroatoms. The number of amides is 3. The van der Waals surface area contributed by atoms with Crippen molar-refractivity contribution in [3.8, 4) is 0 Å². The zero-order chi connectivity index (χ0) is 24.5. The summed E-state index contributed by atoms with van der Waals surface area (Å²) in [4.78, 5) is 82.9. The van der Waals surface area contributed by atoms with E-state index in [1.807, 2.05) is 0 Å². The Morgan fingerprint density at radius 2 is 1.03 bits per heavy atom. The Balaban J connectivity index is 6.65. The molecule has 0 aromatic carbocycles. The first-order valence-electron chi connectivity index (χ1n) is 8.87. The fraction of sp³-hybridized carbons (Fsp3) is 0.611. The van der Waals surface area contributed by atoms with E-state index < -0.39 is 72.6 Å². The Morgan fingerprint density at radius 1 is 0.645 bits per heavy atom. The van der Waals surface area contributed by atoms with Crippen LogP contribution in [0.3, 0.4) is 0 Å². The molecule has 0 aliphatic heterocycles. The number of carbonyl (C=O) groups excluding carboxylic acids is 7. The molecule has 0 aliphatic carbocycles. The second kappa shape index (κ2) is 12.4. The first kappa shape index (κ1) is 27.6. The highest BCUT2D eigenvalue weighted by Crippen LogP contribution is 2.21. The summed E-state index contributed by atoms with van der Waals surface area (Å²) in [5, 5.41) is 9.61. The van der Waals surface area contributed by atoms with Crippen LogP contribution >= 0.6 is 0 Å². The van der Waals surface area contributed by atoms with Crippen LogP contribution in [0.25, 0.3) is 0 Å². The van der Waals surface area contributed by atoms with Crippen LogP contribution in [0.5, 0.6) is 0 Å². The summed E-state index contributed by atoms with van der Waals surface area (Å²) < 4.78 is 19.8. The van der Waals surface area contributed by atoms with Crippen LogP contribution in [0.1, 0.15) is 41.5 Å². The number of hydrogen-bond acceptors (Lipinski definition) is 12. The van der Waals surface area contributed by atoms with Crippen LogP contribution in [0.15, 0.2) is 0 Å². The SMILES string of the molecule is CC(=O)O[C@@H]([C@H](OC(C)=O)[C@@H](OC(C)=O)C(=O)N(C(C)=O)C(C)=O)[C@@H](CO)OC(C)=O. The summed E-state index contributed by atoms with van der Waals surface area (Å²) in [6.45, 7) is 4.48. The average molecular weight is 447 g/mol. The van der Waals surface area contributed by atoms with Gasteiger partial charge in [-0.25, -0.2) is 4.90 Å². The van der Waals surface area contributed by atoms with Crippen molar-refractivity contribution in [1.29, 1.82) is 0 Å². The molecule has 0 fully saturated rings. The van der Waals surface area contributed by atoms with E-state index in [1.165, 1.54) is 0 Å². The molecule has 0 aliphatic rings. The van der Waals surface area contributed by atoms with E-state index in [0.717, 1.165) is 41.5 Å². The molecule has 0 heterocycles. The molecule has 1 N–H and O–H groups in total. The van der Waals surface area contributed by atoms with Crippen LogP contribution in [-0.4, -0.2) is 82.6 Å². The summed E-state index contributed by atoms with van der Waals surface area (Å²) in [6, 6.07) is 0. The molecule has 0 rings (SSSR count). The molecular formula is C18H25NO12. The van der Waals surface area contributed by atoms with Crippen LogP contribution in [-0.2, 0) is 52.5 Å². The highest BCUT2D eigenvalue weighted by atomic mass is 16.6. The summed E-state index contributed by atoms with van der Waals surface area (Å²) in [6.07, 6.45) is -7.71. The third-order valence-electron chi connectivity index (χ3n) is 3.48. The number of rotatable bonds is 9. The Labute approximate surface area is 177 Å². The van der Waals surface area contributed by atoms with E-state index in [4.69, 9.17) is 18.9 Å². The summed E-state index contributed by atoms with van der Waals surface area (Å²) in [5.41, 5.74) is 0. The van der Waals surface area contributed by atoms with E-state index in [2.05, 4.69) is 0 Å². The van der Waals surface area contributed by atoms with Crippen molar-refractivity contribution < 1.29 is 57.6 Å². The Bertz CT molecular complexity index is 732. The summed E-state index contributed by atoms with van der Waals surface area (Å²) in [5.74, 6) is -7.57. The van der Waals surface area contributed by atoms with Gasteiger partial charge in [0.1, 0.15) is 0 Å². The summed E-state index contributed by atoms with van der Waals surface area (Å²) in [7, 11) is 0. The zero-order valence-electron chi connectivity index (χ0n) is 17.9. The van der Waals surface area contributed by atoms with E-state index >= 15 is 0 Å². The second-order valence-corrected chi connectivity index (χ2v) is 6.22. The van der Waals surface area contributed by atoms with Crippen molar-refractivity contribution in [2.75, 3.05) is 6.61 Å². The Morgan fingerprint density at radius 3 is 1.35 bits per heavy atom. The highest BCUT2D eigenvalue weighted by molar-refractivity contribution is 6.11. The van der Waals surface area contributed by atoms with Gasteiger partial charge in [0, 0.05) is 41.5 Å². The molecule has 0 aromatic rings. The smallest absolute Gasteiger partial charge is 0.303 e. The minimum absolute atomic E-state index is 0.120. The number of aliphatic hydroxyl groups excluding tert-OH is 1. The first-order chi connectivity index (χ1) is 14.2. The molecule has 0 radical (unpaired) electrons. The number of nitrogens with zero attached hydrogens (tertiary/aromatic N) is 1. The van der Waals surface area contributed by atoms with Gasteiger partial charge in [0.05, 0.1) is 6.61 Å². The minimum atomic E-state index is -2.18. The van der Waals surface area contributed by atoms with Crippen molar-refractivity contribution in [2.45, 2.75) is 66.0 Å². The van der Waals surface area contributed by atoms with E-state index in [1.54, 1.807) is 0 Å². The lowest BCUT2D eigenvalue weighted by Gasteiger charge is -2.35. The van der Waals surface area contributed by atoms with Crippen molar-refractivity contribution in [3.63, 3.8) is 0 Å². The van der Waals surface area contributed by atoms with E-state index in [9.17, 15) is 38.7 Å². The maximum atomic E-state index is 12.9. The second-order valence-electron chi connectivity index (χ2n) is 6.22. The number of esters is 4. The predicted molar refractivity (Wildman–Crippen MR) is 97.5 cm³/mol. The minimum Gasteiger partial charge on any atom is -0.456 e.